The zero-order valence-corrected chi connectivity index (χ0v) is 31.3. The van der Waals surface area contributed by atoms with Gasteiger partial charge in [0.2, 0.25) is 0 Å². The van der Waals surface area contributed by atoms with E-state index < -0.39 is 47.4 Å². The van der Waals surface area contributed by atoms with Crippen LogP contribution in [-0.2, 0) is 39.6 Å². The fourth-order valence-electron chi connectivity index (χ4n) is 4.48. The van der Waals surface area contributed by atoms with Crippen molar-refractivity contribution in [2.45, 2.75) is 67.7 Å². The number of ether oxygens (including phenoxy) is 4. The Balaban J connectivity index is 1.66. The van der Waals surface area contributed by atoms with Gasteiger partial charge < -0.3 is 29.6 Å². The summed E-state index contributed by atoms with van der Waals surface area (Å²) < 4.78 is 22.0. The van der Waals surface area contributed by atoms with E-state index >= 15 is 0 Å². The number of esters is 2. The van der Waals surface area contributed by atoms with E-state index in [1.807, 2.05) is 113 Å². The predicted molar refractivity (Wildman–Crippen MR) is 201 cm³/mol. The molecule has 0 saturated heterocycles. The van der Waals surface area contributed by atoms with Crippen molar-refractivity contribution in [3.05, 3.63) is 121 Å². The van der Waals surface area contributed by atoms with Gasteiger partial charge in [-0.25, -0.2) is 19.2 Å². The smallest absolute Gasteiger partial charge is 0.408 e. The summed E-state index contributed by atoms with van der Waals surface area (Å²) >= 11 is 2.94. The third-order valence-corrected chi connectivity index (χ3v) is 9.66. The number of hydrogen-bond acceptors (Lipinski definition) is 10. The number of hydrogen-bond donors (Lipinski definition) is 2. The topological polar surface area (TPSA) is 129 Å². The highest BCUT2D eigenvalue weighted by Gasteiger charge is 2.30. The summed E-state index contributed by atoms with van der Waals surface area (Å²) in [5.74, 6) is -0.465. The first kappa shape index (κ1) is 40.7. The van der Waals surface area contributed by atoms with Crippen molar-refractivity contribution < 1.29 is 38.1 Å². The van der Waals surface area contributed by atoms with Crippen molar-refractivity contribution in [1.82, 2.24) is 10.6 Å². The minimum Gasteiger partial charge on any atom is -0.459 e. The Morgan fingerprint density at radius 1 is 0.706 bits per heavy atom. The number of thioether (sulfide) groups is 2. The van der Waals surface area contributed by atoms with E-state index in [9.17, 15) is 19.2 Å². The van der Waals surface area contributed by atoms with Gasteiger partial charge in [0.15, 0.2) is 0 Å². The summed E-state index contributed by atoms with van der Waals surface area (Å²) in [6.45, 7) is 15.6. The Bertz CT molecular complexity index is 1650. The van der Waals surface area contributed by atoms with E-state index in [0.717, 1.165) is 27.0 Å². The molecule has 0 aromatic heterocycles. The third-order valence-electron chi connectivity index (χ3n) is 7.37. The molecule has 0 saturated carbocycles. The summed E-state index contributed by atoms with van der Waals surface area (Å²) in [6, 6.07) is 26.7. The van der Waals surface area contributed by atoms with Crippen LogP contribution < -0.4 is 10.6 Å². The SMILES string of the molecule is C=CC(=O)OCC(CSc1ccccc1)OC(=O)NC(C)(C)c1cccc(C(C)(C)NC(=O)OC(COC(=O)C(=C)C)CSc2ccccc2)c1. The zero-order chi connectivity index (χ0) is 37.4. The lowest BCUT2D eigenvalue weighted by atomic mass is 9.87. The van der Waals surface area contributed by atoms with Crippen molar-refractivity contribution in [2.75, 3.05) is 24.7 Å². The lowest BCUT2D eigenvalue weighted by Gasteiger charge is -2.31. The second kappa shape index (κ2) is 19.6. The van der Waals surface area contributed by atoms with Crippen LogP contribution in [0.25, 0.3) is 0 Å². The van der Waals surface area contributed by atoms with E-state index in [0.29, 0.717) is 11.5 Å². The van der Waals surface area contributed by atoms with E-state index in [1.54, 1.807) is 6.92 Å². The molecule has 0 aliphatic rings. The van der Waals surface area contributed by atoms with Gasteiger partial charge in [-0.15, -0.1) is 23.5 Å². The molecule has 0 aliphatic heterocycles. The molecule has 3 aromatic rings. The standard InChI is InChI=1S/C39H46N2O8S2/c1-8-34(42)46-23-30(25-50-32-18-11-9-12-19-32)48-36(44)40-38(4,5)28-16-15-17-29(22-28)39(6,7)41-37(45)49-31(24-47-35(43)27(2)3)26-51-33-20-13-10-14-21-33/h8-22,30-31H,1-2,23-26H2,3-7H3,(H,40,44)(H,41,45). The summed E-state index contributed by atoms with van der Waals surface area (Å²) in [5, 5.41) is 5.84. The molecule has 2 N–H and O–H groups in total. The number of amides is 2. The van der Waals surface area contributed by atoms with Crippen LogP contribution in [0.3, 0.4) is 0 Å². The Hall–Kier alpha value is -4.68. The molecular formula is C39H46N2O8S2. The van der Waals surface area contributed by atoms with E-state index in [2.05, 4.69) is 23.8 Å². The van der Waals surface area contributed by atoms with Crippen molar-refractivity contribution in [2.24, 2.45) is 0 Å². The molecule has 2 atom stereocenters. The minimum absolute atomic E-state index is 0.132. The number of rotatable bonds is 18. The normalized spacial score (nSPS) is 12.4. The molecule has 3 rings (SSSR count). The number of nitrogens with one attached hydrogen (secondary N) is 2. The van der Waals surface area contributed by atoms with Crippen molar-refractivity contribution >= 4 is 47.6 Å². The van der Waals surface area contributed by atoms with Gasteiger partial charge in [0, 0.05) is 32.9 Å². The molecule has 2 unspecified atom stereocenters. The van der Waals surface area contributed by atoms with Crippen LogP contribution in [0, 0.1) is 0 Å². The van der Waals surface area contributed by atoms with Gasteiger partial charge in [-0.1, -0.05) is 73.8 Å². The first-order valence-corrected chi connectivity index (χ1v) is 18.2. The Labute approximate surface area is 308 Å². The second-order valence-corrected chi connectivity index (χ2v) is 14.8. The molecule has 0 spiro atoms. The van der Waals surface area contributed by atoms with Crippen LogP contribution in [-0.4, -0.2) is 61.1 Å². The van der Waals surface area contributed by atoms with Crippen molar-refractivity contribution in [1.29, 1.82) is 0 Å². The van der Waals surface area contributed by atoms with E-state index in [1.165, 1.54) is 23.5 Å². The van der Waals surface area contributed by atoms with Gasteiger partial charge in [0.1, 0.15) is 25.4 Å². The molecule has 51 heavy (non-hydrogen) atoms. The molecule has 3 aromatic carbocycles. The fraction of sp³-hybridized carbons (Fsp3) is 0.333. The van der Waals surface area contributed by atoms with Crippen molar-refractivity contribution in [3.8, 4) is 0 Å². The lowest BCUT2D eigenvalue weighted by molar-refractivity contribution is -0.141. The summed E-state index contributed by atoms with van der Waals surface area (Å²) in [5.41, 5.74) is -0.0541. The Morgan fingerprint density at radius 3 is 1.55 bits per heavy atom. The quantitative estimate of drug-likeness (QED) is 0.0579. The second-order valence-electron chi connectivity index (χ2n) is 12.6. The highest BCUT2D eigenvalue weighted by atomic mass is 32.2. The van der Waals surface area contributed by atoms with Crippen LogP contribution in [0.1, 0.15) is 45.7 Å². The number of carbonyl (C=O) groups excluding carboxylic acids is 4. The van der Waals surface area contributed by atoms with Gasteiger partial charge in [0.05, 0.1) is 11.1 Å². The zero-order valence-electron chi connectivity index (χ0n) is 29.6. The first-order chi connectivity index (χ1) is 24.2. The molecule has 272 valence electrons. The summed E-state index contributed by atoms with van der Waals surface area (Å²) in [6.07, 6.45) is -1.78. The monoisotopic (exact) mass is 734 g/mol. The maximum atomic E-state index is 13.2. The maximum absolute atomic E-state index is 13.2. The predicted octanol–water partition coefficient (Wildman–Crippen LogP) is 7.78. The fourth-order valence-corrected chi connectivity index (χ4v) is 6.27. The molecule has 0 radical (unpaired) electrons. The average Bonchev–Trinajstić information content (AvgIpc) is 3.10. The highest BCUT2D eigenvalue weighted by molar-refractivity contribution is 7.99. The number of benzene rings is 3. The van der Waals surface area contributed by atoms with Crippen LogP contribution >= 0.6 is 23.5 Å². The van der Waals surface area contributed by atoms with Gasteiger partial charge in [0.25, 0.3) is 0 Å². The molecular weight excluding hydrogens is 689 g/mol. The van der Waals surface area contributed by atoms with Crippen molar-refractivity contribution in [3.63, 3.8) is 0 Å². The molecule has 0 heterocycles. The van der Waals surface area contributed by atoms with Gasteiger partial charge in [-0.3, -0.25) is 0 Å². The maximum Gasteiger partial charge on any atom is 0.408 e. The molecule has 0 aliphatic carbocycles. The first-order valence-electron chi connectivity index (χ1n) is 16.2. The van der Waals surface area contributed by atoms with Gasteiger partial charge >= 0.3 is 24.1 Å². The summed E-state index contributed by atoms with van der Waals surface area (Å²) in [4.78, 5) is 52.1. The minimum atomic E-state index is -0.899. The average molecular weight is 735 g/mol. The van der Waals surface area contributed by atoms with Crippen LogP contribution in [0.5, 0.6) is 0 Å². The highest BCUT2D eigenvalue weighted by Crippen LogP contribution is 2.28. The largest absolute Gasteiger partial charge is 0.459 e. The van der Waals surface area contributed by atoms with Gasteiger partial charge in [-0.2, -0.15) is 0 Å². The van der Waals surface area contributed by atoms with E-state index in [-0.39, 0.29) is 18.8 Å². The van der Waals surface area contributed by atoms with Crippen LogP contribution in [0.4, 0.5) is 9.59 Å². The summed E-state index contributed by atoms with van der Waals surface area (Å²) in [7, 11) is 0. The number of carbonyl (C=O) groups is 4. The van der Waals surface area contributed by atoms with Gasteiger partial charge in [-0.05, 0) is 70.0 Å². The molecule has 12 heteroatoms. The number of alkyl carbamates (subject to hydrolysis) is 2. The Kier molecular flexibility index (Phi) is 15.7. The van der Waals surface area contributed by atoms with E-state index in [4.69, 9.17) is 18.9 Å². The molecule has 0 fully saturated rings. The molecule has 2 amide bonds. The van der Waals surface area contributed by atoms with Crippen LogP contribution in [0.2, 0.25) is 0 Å². The molecule has 10 nitrogen and oxygen atoms in total. The van der Waals surface area contributed by atoms with Crippen LogP contribution in [0.15, 0.2) is 120 Å². The lowest BCUT2D eigenvalue weighted by Crippen LogP contribution is -2.45. The Morgan fingerprint density at radius 2 is 1.14 bits per heavy atom. The third kappa shape index (κ3) is 14.2. The molecule has 0 bridgehead atoms.